The van der Waals surface area contributed by atoms with Gasteiger partial charge in [0, 0.05) is 13.1 Å². The summed E-state index contributed by atoms with van der Waals surface area (Å²) in [5.41, 5.74) is 0. The van der Waals surface area contributed by atoms with Gasteiger partial charge in [-0.3, -0.25) is 9.59 Å². The molecule has 0 N–H and O–H groups in total. The Morgan fingerprint density at radius 1 is 1.07 bits per heavy atom. The molecule has 0 atom stereocenters. The number of carbonyl (C=O) groups is 2. The van der Waals surface area contributed by atoms with Crippen molar-refractivity contribution in [2.75, 3.05) is 13.1 Å². The molecule has 15 heavy (non-hydrogen) atoms. The van der Waals surface area contributed by atoms with Crippen molar-refractivity contribution < 1.29 is 9.59 Å². The number of hydrogen-bond acceptors (Lipinski definition) is 2. The molecule has 2 fully saturated rings. The van der Waals surface area contributed by atoms with Crippen molar-refractivity contribution in [2.45, 2.75) is 39.0 Å². The monoisotopic (exact) mass is 209 g/mol. The topological polar surface area (TPSA) is 37.4 Å². The van der Waals surface area contributed by atoms with Crippen LogP contribution in [-0.2, 0) is 9.59 Å². The summed E-state index contributed by atoms with van der Waals surface area (Å²) in [4.78, 5) is 24.6. The molecule has 84 valence electrons. The number of Topliss-reactive ketones (excluding diaryl/α,β-unsaturated/α-hetero) is 1. The van der Waals surface area contributed by atoms with E-state index < -0.39 is 0 Å². The molecule has 1 amide bonds. The first-order chi connectivity index (χ1) is 7.15. The lowest BCUT2D eigenvalue weighted by Gasteiger charge is -2.22. The van der Waals surface area contributed by atoms with Crippen LogP contribution >= 0.6 is 0 Å². The van der Waals surface area contributed by atoms with Crippen LogP contribution in [0.4, 0.5) is 0 Å². The van der Waals surface area contributed by atoms with E-state index in [1.807, 2.05) is 4.90 Å². The van der Waals surface area contributed by atoms with E-state index in [4.69, 9.17) is 0 Å². The van der Waals surface area contributed by atoms with E-state index in [-0.39, 0.29) is 18.1 Å². The highest BCUT2D eigenvalue weighted by Gasteiger charge is 2.31. The maximum Gasteiger partial charge on any atom is 0.230 e. The van der Waals surface area contributed by atoms with E-state index in [2.05, 4.69) is 0 Å². The van der Waals surface area contributed by atoms with Gasteiger partial charge >= 0.3 is 0 Å². The van der Waals surface area contributed by atoms with Gasteiger partial charge in [0.1, 0.15) is 5.78 Å². The van der Waals surface area contributed by atoms with Gasteiger partial charge in [0.15, 0.2) is 0 Å². The van der Waals surface area contributed by atoms with Crippen molar-refractivity contribution in [1.29, 1.82) is 0 Å². The van der Waals surface area contributed by atoms with E-state index in [1.54, 1.807) is 0 Å². The number of rotatable bonds is 6. The molecule has 3 heteroatoms. The second-order valence-corrected chi connectivity index (χ2v) is 5.06. The van der Waals surface area contributed by atoms with Gasteiger partial charge in [0.05, 0.1) is 6.42 Å². The van der Waals surface area contributed by atoms with Crippen molar-refractivity contribution in [1.82, 2.24) is 4.90 Å². The Morgan fingerprint density at radius 3 is 1.87 bits per heavy atom. The molecule has 0 heterocycles. The third-order valence-electron chi connectivity index (χ3n) is 3.10. The fraction of sp³-hybridized carbons (Fsp3) is 0.833. The van der Waals surface area contributed by atoms with Crippen molar-refractivity contribution in [3.63, 3.8) is 0 Å². The molecule has 0 aromatic rings. The smallest absolute Gasteiger partial charge is 0.230 e. The van der Waals surface area contributed by atoms with Gasteiger partial charge in [-0.2, -0.15) is 0 Å². The van der Waals surface area contributed by atoms with E-state index in [9.17, 15) is 9.59 Å². The molecule has 2 saturated carbocycles. The molecule has 2 aliphatic rings. The largest absolute Gasteiger partial charge is 0.342 e. The number of carbonyl (C=O) groups excluding carboxylic acids is 2. The lowest BCUT2D eigenvalue weighted by atomic mass is 10.2. The minimum absolute atomic E-state index is 0.0170. The zero-order valence-electron chi connectivity index (χ0n) is 9.37. The summed E-state index contributed by atoms with van der Waals surface area (Å²) in [6, 6.07) is 0. The second-order valence-electron chi connectivity index (χ2n) is 5.06. The van der Waals surface area contributed by atoms with Gasteiger partial charge in [0.25, 0.3) is 0 Å². The predicted molar refractivity (Wildman–Crippen MR) is 57.3 cm³/mol. The Morgan fingerprint density at radius 2 is 1.53 bits per heavy atom. The Labute approximate surface area is 90.8 Å². The fourth-order valence-corrected chi connectivity index (χ4v) is 1.83. The molecule has 0 bridgehead atoms. The molecule has 0 spiro atoms. The van der Waals surface area contributed by atoms with Crippen LogP contribution in [-0.4, -0.2) is 29.7 Å². The zero-order chi connectivity index (χ0) is 10.8. The molecule has 0 radical (unpaired) electrons. The molecule has 0 aliphatic heterocycles. The molecule has 0 unspecified atom stereocenters. The first-order valence-electron chi connectivity index (χ1n) is 5.92. The Balaban J connectivity index is 1.83. The maximum absolute atomic E-state index is 11.8. The molecular formula is C12H19NO2. The Kier molecular flexibility index (Phi) is 3.08. The summed E-state index contributed by atoms with van der Waals surface area (Å²) in [6.45, 7) is 3.27. The maximum atomic E-state index is 11.8. The van der Waals surface area contributed by atoms with Gasteiger partial charge in [-0.05, 0) is 44.4 Å². The van der Waals surface area contributed by atoms with Gasteiger partial charge in [-0.15, -0.1) is 0 Å². The Bertz CT molecular complexity index is 253. The first kappa shape index (κ1) is 10.7. The van der Waals surface area contributed by atoms with Crippen LogP contribution in [0.15, 0.2) is 0 Å². The van der Waals surface area contributed by atoms with Crippen molar-refractivity contribution in [3.8, 4) is 0 Å². The summed E-state index contributed by atoms with van der Waals surface area (Å²) in [7, 11) is 0. The lowest BCUT2D eigenvalue weighted by Crippen LogP contribution is -2.35. The molecule has 2 rings (SSSR count). The van der Waals surface area contributed by atoms with Gasteiger partial charge < -0.3 is 4.90 Å². The SMILES string of the molecule is CC(=O)CC(=O)N(CC1CC1)CC1CC1. The minimum Gasteiger partial charge on any atom is -0.342 e. The van der Waals surface area contributed by atoms with E-state index in [0.29, 0.717) is 0 Å². The van der Waals surface area contributed by atoms with Gasteiger partial charge in [0.2, 0.25) is 5.91 Å². The third-order valence-corrected chi connectivity index (χ3v) is 3.10. The van der Waals surface area contributed by atoms with Crippen molar-refractivity contribution >= 4 is 11.7 Å². The normalized spacial score (nSPS) is 20.1. The van der Waals surface area contributed by atoms with Gasteiger partial charge in [-0.1, -0.05) is 0 Å². The average Bonchev–Trinajstić information content (AvgIpc) is 2.95. The van der Waals surface area contributed by atoms with Crippen molar-refractivity contribution in [2.24, 2.45) is 11.8 Å². The molecule has 0 saturated heterocycles. The van der Waals surface area contributed by atoms with E-state index in [1.165, 1.54) is 32.6 Å². The molecule has 0 aromatic heterocycles. The average molecular weight is 209 g/mol. The number of amides is 1. The highest BCUT2D eigenvalue weighted by atomic mass is 16.2. The highest BCUT2D eigenvalue weighted by Crippen LogP contribution is 2.33. The zero-order valence-corrected chi connectivity index (χ0v) is 9.37. The first-order valence-corrected chi connectivity index (χ1v) is 5.92. The number of nitrogens with zero attached hydrogens (tertiary/aromatic N) is 1. The van der Waals surface area contributed by atoms with Gasteiger partial charge in [-0.25, -0.2) is 0 Å². The summed E-state index contributed by atoms with van der Waals surface area (Å²) in [6.07, 6.45) is 5.13. The van der Waals surface area contributed by atoms with Crippen LogP contribution in [0.2, 0.25) is 0 Å². The molecule has 0 aromatic carbocycles. The highest BCUT2D eigenvalue weighted by molar-refractivity contribution is 5.96. The lowest BCUT2D eigenvalue weighted by molar-refractivity contribution is -0.135. The summed E-state index contributed by atoms with van der Waals surface area (Å²) < 4.78 is 0. The third kappa shape index (κ3) is 3.65. The molecule has 3 nitrogen and oxygen atoms in total. The summed E-state index contributed by atoms with van der Waals surface area (Å²) >= 11 is 0. The van der Waals surface area contributed by atoms with Crippen LogP contribution in [0.5, 0.6) is 0 Å². The summed E-state index contributed by atoms with van der Waals surface area (Å²) in [5, 5.41) is 0. The minimum atomic E-state index is -0.0170. The van der Waals surface area contributed by atoms with E-state index >= 15 is 0 Å². The van der Waals surface area contributed by atoms with Crippen LogP contribution in [0, 0.1) is 11.8 Å². The molecular weight excluding hydrogens is 190 g/mol. The van der Waals surface area contributed by atoms with Crippen LogP contribution in [0.25, 0.3) is 0 Å². The fourth-order valence-electron chi connectivity index (χ4n) is 1.83. The predicted octanol–water partition coefficient (Wildman–Crippen LogP) is 1.61. The number of ketones is 1. The number of hydrogen-bond donors (Lipinski definition) is 0. The van der Waals surface area contributed by atoms with E-state index in [0.717, 1.165) is 24.9 Å². The second kappa shape index (κ2) is 4.33. The summed E-state index contributed by atoms with van der Waals surface area (Å²) in [5.74, 6) is 1.47. The van der Waals surface area contributed by atoms with Crippen LogP contribution in [0.1, 0.15) is 39.0 Å². The van der Waals surface area contributed by atoms with Crippen molar-refractivity contribution in [3.05, 3.63) is 0 Å². The quantitative estimate of drug-likeness (QED) is 0.623. The Hall–Kier alpha value is -0.860. The van der Waals surface area contributed by atoms with Crippen LogP contribution < -0.4 is 0 Å². The van der Waals surface area contributed by atoms with Crippen LogP contribution in [0.3, 0.4) is 0 Å². The standard InChI is InChI=1S/C12H19NO2/c1-9(14)6-12(15)13(7-10-2-3-10)8-11-4-5-11/h10-11H,2-8H2,1H3. The molecule has 2 aliphatic carbocycles.